The molecule has 0 spiro atoms. The second kappa shape index (κ2) is 6.55. The zero-order valence-electron chi connectivity index (χ0n) is 12.6. The first-order valence-corrected chi connectivity index (χ1v) is 7.36. The van der Waals surface area contributed by atoms with Crippen molar-refractivity contribution in [1.29, 1.82) is 0 Å². The van der Waals surface area contributed by atoms with Crippen molar-refractivity contribution in [2.45, 2.75) is 38.8 Å². The van der Waals surface area contributed by atoms with Crippen LogP contribution >= 0.6 is 0 Å². The molecule has 1 aromatic rings. The standard InChI is InChI=1S/C16H25FN2O/c1-11(2)15-5-4-8-19(15)10-14(18)12-6-7-16(20-3)13(17)9-12/h6-7,9,11,14-15H,4-5,8,10,18H2,1-3H3. The second-order valence-electron chi connectivity index (χ2n) is 5.95. The van der Waals surface area contributed by atoms with Gasteiger partial charge in [-0.15, -0.1) is 0 Å². The number of rotatable bonds is 5. The maximum atomic E-state index is 13.7. The Morgan fingerprint density at radius 2 is 2.20 bits per heavy atom. The van der Waals surface area contributed by atoms with Gasteiger partial charge in [0.05, 0.1) is 7.11 Å². The molecule has 4 heteroatoms. The lowest BCUT2D eigenvalue weighted by atomic mass is 10.0. The summed E-state index contributed by atoms with van der Waals surface area (Å²) in [6.07, 6.45) is 2.47. The van der Waals surface area contributed by atoms with Crippen LogP contribution in [-0.2, 0) is 0 Å². The molecule has 2 rings (SSSR count). The molecule has 0 radical (unpaired) electrons. The van der Waals surface area contributed by atoms with Crippen LogP contribution in [0.15, 0.2) is 18.2 Å². The van der Waals surface area contributed by atoms with Crippen LogP contribution in [0.2, 0.25) is 0 Å². The fraction of sp³-hybridized carbons (Fsp3) is 0.625. The highest BCUT2D eigenvalue weighted by molar-refractivity contribution is 5.31. The minimum Gasteiger partial charge on any atom is -0.494 e. The molecule has 2 N–H and O–H groups in total. The molecule has 1 heterocycles. The van der Waals surface area contributed by atoms with Crippen LogP contribution in [0.5, 0.6) is 5.75 Å². The van der Waals surface area contributed by atoms with E-state index in [0.717, 1.165) is 18.7 Å². The van der Waals surface area contributed by atoms with Crippen molar-refractivity contribution in [2.75, 3.05) is 20.2 Å². The largest absolute Gasteiger partial charge is 0.494 e. The number of hydrogen-bond donors (Lipinski definition) is 1. The topological polar surface area (TPSA) is 38.5 Å². The summed E-state index contributed by atoms with van der Waals surface area (Å²) in [6, 6.07) is 5.43. The molecule has 1 aromatic carbocycles. The summed E-state index contributed by atoms with van der Waals surface area (Å²) < 4.78 is 18.7. The van der Waals surface area contributed by atoms with E-state index in [0.29, 0.717) is 12.0 Å². The van der Waals surface area contributed by atoms with E-state index in [2.05, 4.69) is 18.7 Å². The summed E-state index contributed by atoms with van der Waals surface area (Å²) in [7, 11) is 1.47. The monoisotopic (exact) mass is 280 g/mol. The molecule has 20 heavy (non-hydrogen) atoms. The number of methoxy groups -OCH3 is 1. The third-order valence-corrected chi connectivity index (χ3v) is 4.22. The number of halogens is 1. The van der Waals surface area contributed by atoms with E-state index < -0.39 is 0 Å². The van der Waals surface area contributed by atoms with Gasteiger partial charge in [0.1, 0.15) is 0 Å². The van der Waals surface area contributed by atoms with Gasteiger partial charge < -0.3 is 10.5 Å². The van der Waals surface area contributed by atoms with Crippen molar-refractivity contribution in [1.82, 2.24) is 4.90 Å². The Morgan fingerprint density at radius 1 is 1.45 bits per heavy atom. The minimum atomic E-state index is -0.345. The van der Waals surface area contributed by atoms with Crippen molar-refractivity contribution in [3.8, 4) is 5.75 Å². The van der Waals surface area contributed by atoms with Crippen molar-refractivity contribution < 1.29 is 9.13 Å². The lowest BCUT2D eigenvalue weighted by Gasteiger charge is -2.30. The minimum absolute atomic E-state index is 0.158. The molecule has 1 aliphatic heterocycles. The van der Waals surface area contributed by atoms with Crippen LogP contribution < -0.4 is 10.5 Å². The Balaban J connectivity index is 2.04. The van der Waals surface area contributed by atoms with Crippen LogP contribution in [0.1, 0.15) is 38.3 Å². The van der Waals surface area contributed by atoms with Gasteiger partial charge in [0, 0.05) is 18.6 Å². The summed E-state index contributed by atoms with van der Waals surface area (Å²) in [5.41, 5.74) is 7.08. The number of likely N-dealkylation sites (tertiary alicyclic amines) is 1. The molecule has 1 saturated heterocycles. The fourth-order valence-corrected chi connectivity index (χ4v) is 3.10. The summed E-state index contributed by atoms with van der Waals surface area (Å²) in [6.45, 7) is 6.38. The first kappa shape index (κ1) is 15.3. The Kier molecular flexibility index (Phi) is 5.00. The Labute approximate surface area is 120 Å². The molecule has 0 saturated carbocycles. The first-order valence-electron chi connectivity index (χ1n) is 7.36. The smallest absolute Gasteiger partial charge is 0.165 e. The van der Waals surface area contributed by atoms with E-state index in [4.69, 9.17) is 10.5 Å². The molecular weight excluding hydrogens is 255 g/mol. The number of hydrogen-bond acceptors (Lipinski definition) is 3. The van der Waals surface area contributed by atoms with Gasteiger partial charge in [-0.2, -0.15) is 0 Å². The van der Waals surface area contributed by atoms with Gasteiger partial charge in [0.2, 0.25) is 0 Å². The van der Waals surface area contributed by atoms with Gasteiger partial charge in [-0.25, -0.2) is 4.39 Å². The summed E-state index contributed by atoms with van der Waals surface area (Å²) in [4.78, 5) is 2.44. The maximum Gasteiger partial charge on any atom is 0.165 e. The van der Waals surface area contributed by atoms with Gasteiger partial charge in [0.15, 0.2) is 11.6 Å². The van der Waals surface area contributed by atoms with Gasteiger partial charge in [0.25, 0.3) is 0 Å². The zero-order chi connectivity index (χ0) is 14.7. The number of ether oxygens (including phenoxy) is 1. The van der Waals surface area contributed by atoms with Gasteiger partial charge in [-0.3, -0.25) is 4.90 Å². The summed E-state index contributed by atoms with van der Waals surface area (Å²) in [5, 5.41) is 0. The van der Waals surface area contributed by atoms with E-state index in [1.54, 1.807) is 6.07 Å². The van der Waals surface area contributed by atoms with Crippen LogP contribution in [0.4, 0.5) is 4.39 Å². The lowest BCUT2D eigenvalue weighted by molar-refractivity contribution is 0.195. The highest BCUT2D eigenvalue weighted by Crippen LogP contribution is 2.27. The van der Waals surface area contributed by atoms with Gasteiger partial charge >= 0.3 is 0 Å². The molecule has 0 aromatic heterocycles. The van der Waals surface area contributed by atoms with Crippen LogP contribution in [0, 0.1) is 11.7 Å². The second-order valence-corrected chi connectivity index (χ2v) is 5.95. The molecule has 1 aliphatic rings. The van der Waals surface area contributed by atoms with Crippen LogP contribution in [0.25, 0.3) is 0 Å². The van der Waals surface area contributed by atoms with E-state index in [9.17, 15) is 4.39 Å². The van der Waals surface area contributed by atoms with Crippen LogP contribution in [0.3, 0.4) is 0 Å². The number of nitrogens with zero attached hydrogens (tertiary/aromatic N) is 1. The highest BCUT2D eigenvalue weighted by Gasteiger charge is 2.28. The van der Waals surface area contributed by atoms with E-state index in [1.165, 1.54) is 26.0 Å². The molecule has 2 unspecified atom stereocenters. The van der Waals surface area contributed by atoms with Crippen molar-refractivity contribution in [3.63, 3.8) is 0 Å². The summed E-state index contributed by atoms with van der Waals surface area (Å²) >= 11 is 0. The Hall–Kier alpha value is -1.13. The van der Waals surface area contributed by atoms with Crippen molar-refractivity contribution in [3.05, 3.63) is 29.6 Å². The number of benzene rings is 1. The van der Waals surface area contributed by atoms with Gasteiger partial charge in [-0.1, -0.05) is 19.9 Å². The average molecular weight is 280 g/mol. The van der Waals surface area contributed by atoms with Crippen molar-refractivity contribution in [2.24, 2.45) is 11.7 Å². The molecule has 2 atom stereocenters. The highest BCUT2D eigenvalue weighted by atomic mass is 19.1. The fourth-order valence-electron chi connectivity index (χ4n) is 3.10. The van der Waals surface area contributed by atoms with Crippen LogP contribution in [-0.4, -0.2) is 31.1 Å². The predicted molar refractivity (Wildman–Crippen MR) is 79.3 cm³/mol. The predicted octanol–water partition coefficient (Wildman–Crippen LogP) is 2.95. The quantitative estimate of drug-likeness (QED) is 0.901. The summed E-state index contributed by atoms with van der Waals surface area (Å²) in [5.74, 6) is 0.557. The van der Waals surface area contributed by atoms with Crippen molar-refractivity contribution >= 4 is 0 Å². The first-order chi connectivity index (χ1) is 9.52. The average Bonchev–Trinajstić information content (AvgIpc) is 2.86. The molecule has 0 bridgehead atoms. The Bertz CT molecular complexity index is 450. The molecule has 3 nitrogen and oxygen atoms in total. The molecule has 0 amide bonds. The molecular formula is C16H25FN2O. The van der Waals surface area contributed by atoms with E-state index >= 15 is 0 Å². The number of nitrogens with two attached hydrogens (primary N) is 1. The molecule has 112 valence electrons. The van der Waals surface area contributed by atoms with Gasteiger partial charge in [-0.05, 0) is 43.0 Å². The maximum absolute atomic E-state index is 13.7. The molecule has 0 aliphatic carbocycles. The third-order valence-electron chi connectivity index (χ3n) is 4.22. The SMILES string of the molecule is COc1ccc(C(N)CN2CCCC2C(C)C)cc1F. The van der Waals surface area contributed by atoms with E-state index in [1.807, 2.05) is 6.07 Å². The zero-order valence-corrected chi connectivity index (χ0v) is 12.6. The normalized spacial score (nSPS) is 21.4. The Morgan fingerprint density at radius 3 is 2.80 bits per heavy atom. The lowest BCUT2D eigenvalue weighted by Crippen LogP contribution is -2.38. The van der Waals surface area contributed by atoms with E-state index in [-0.39, 0.29) is 17.6 Å². The molecule has 1 fully saturated rings. The third kappa shape index (κ3) is 3.30.